The molecule has 21 heavy (non-hydrogen) atoms. The van der Waals surface area contributed by atoms with Crippen molar-refractivity contribution in [2.24, 2.45) is 5.92 Å². The Morgan fingerprint density at radius 1 is 1.52 bits per heavy atom. The van der Waals surface area contributed by atoms with Crippen LogP contribution < -0.4 is 10.6 Å². The van der Waals surface area contributed by atoms with Gasteiger partial charge in [0, 0.05) is 19.3 Å². The standard InChI is InChI=1S/C15H28N4O2/c1-5-8-19-10-13(9-17-19)18-14(20)16-11-15(4,21)7-6-12(2)3/h9-10,12,21H,5-8,11H2,1-4H3,(H2,16,18,20). The van der Waals surface area contributed by atoms with E-state index in [0.29, 0.717) is 18.0 Å². The SMILES string of the molecule is CCCn1cc(NC(=O)NCC(C)(O)CCC(C)C)cn1. The maximum Gasteiger partial charge on any atom is 0.319 e. The summed E-state index contributed by atoms with van der Waals surface area (Å²) >= 11 is 0. The van der Waals surface area contributed by atoms with Gasteiger partial charge in [0.2, 0.25) is 0 Å². The Bertz CT molecular complexity index is 441. The summed E-state index contributed by atoms with van der Waals surface area (Å²) in [4.78, 5) is 11.8. The number of hydrogen-bond donors (Lipinski definition) is 3. The average Bonchev–Trinajstić information content (AvgIpc) is 2.82. The molecule has 1 unspecified atom stereocenters. The van der Waals surface area contributed by atoms with Crippen LogP contribution in [0.3, 0.4) is 0 Å². The van der Waals surface area contributed by atoms with E-state index in [-0.39, 0.29) is 12.6 Å². The molecule has 1 atom stereocenters. The van der Waals surface area contributed by atoms with Crippen molar-refractivity contribution in [3.63, 3.8) is 0 Å². The van der Waals surface area contributed by atoms with Crippen molar-refractivity contribution in [2.75, 3.05) is 11.9 Å². The Balaban J connectivity index is 2.35. The Hall–Kier alpha value is -1.56. The lowest BCUT2D eigenvalue weighted by Gasteiger charge is -2.24. The molecule has 1 aromatic heterocycles. The van der Waals surface area contributed by atoms with E-state index in [2.05, 4.69) is 36.5 Å². The van der Waals surface area contributed by atoms with Crippen LogP contribution in [0.4, 0.5) is 10.5 Å². The number of rotatable bonds is 8. The van der Waals surface area contributed by atoms with Crippen LogP contribution in [0.15, 0.2) is 12.4 Å². The van der Waals surface area contributed by atoms with Crippen LogP contribution in [0, 0.1) is 5.92 Å². The second kappa shape index (κ2) is 8.02. The summed E-state index contributed by atoms with van der Waals surface area (Å²) in [6, 6.07) is -0.323. The summed E-state index contributed by atoms with van der Waals surface area (Å²) in [5.41, 5.74) is -0.226. The first-order valence-corrected chi connectivity index (χ1v) is 7.62. The van der Waals surface area contributed by atoms with Gasteiger partial charge in [0.05, 0.1) is 17.5 Å². The van der Waals surface area contributed by atoms with Crippen molar-refractivity contribution in [2.45, 2.75) is 59.1 Å². The highest BCUT2D eigenvalue weighted by molar-refractivity contribution is 5.88. The number of carbonyl (C=O) groups excluding carboxylic acids is 1. The molecular weight excluding hydrogens is 268 g/mol. The van der Waals surface area contributed by atoms with Crippen LogP contribution in [0.2, 0.25) is 0 Å². The predicted molar refractivity (Wildman–Crippen MR) is 84.2 cm³/mol. The van der Waals surface area contributed by atoms with Gasteiger partial charge >= 0.3 is 6.03 Å². The highest BCUT2D eigenvalue weighted by Gasteiger charge is 2.21. The quantitative estimate of drug-likeness (QED) is 0.690. The minimum absolute atomic E-state index is 0.231. The number of aryl methyl sites for hydroxylation is 1. The molecule has 0 radical (unpaired) electrons. The monoisotopic (exact) mass is 296 g/mol. The summed E-state index contributed by atoms with van der Waals surface area (Å²) in [6.07, 6.45) is 6.00. The molecule has 1 rings (SSSR count). The molecule has 2 amide bonds. The van der Waals surface area contributed by atoms with Crippen molar-refractivity contribution < 1.29 is 9.90 Å². The minimum atomic E-state index is -0.881. The molecule has 0 aliphatic carbocycles. The van der Waals surface area contributed by atoms with Gasteiger partial charge in [0.1, 0.15) is 0 Å². The summed E-state index contributed by atoms with van der Waals surface area (Å²) in [5.74, 6) is 0.537. The highest BCUT2D eigenvalue weighted by Crippen LogP contribution is 2.15. The molecule has 3 N–H and O–H groups in total. The van der Waals surface area contributed by atoms with E-state index in [1.54, 1.807) is 24.0 Å². The molecule has 0 aliphatic rings. The number of anilines is 1. The van der Waals surface area contributed by atoms with E-state index in [1.165, 1.54) is 0 Å². The molecule has 0 spiro atoms. The Morgan fingerprint density at radius 2 is 2.24 bits per heavy atom. The normalized spacial score (nSPS) is 14.0. The number of hydrogen-bond acceptors (Lipinski definition) is 3. The Morgan fingerprint density at radius 3 is 2.86 bits per heavy atom. The van der Waals surface area contributed by atoms with Crippen LogP contribution in [0.1, 0.15) is 47.0 Å². The van der Waals surface area contributed by atoms with Crippen molar-refractivity contribution in [1.82, 2.24) is 15.1 Å². The zero-order valence-corrected chi connectivity index (χ0v) is 13.5. The smallest absolute Gasteiger partial charge is 0.319 e. The molecule has 0 saturated heterocycles. The zero-order chi connectivity index (χ0) is 15.9. The second-order valence-electron chi connectivity index (χ2n) is 6.23. The van der Waals surface area contributed by atoms with Gasteiger partial charge in [0.25, 0.3) is 0 Å². The first-order chi connectivity index (χ1) is 9.82. The van der Waals surface area contributed by atoms with Gasteiger partial charge in [-0.1, -0.05) is 20.8 Å². The third-order valence-corrected chi connectivity index (χ3v) is 3.23. The first-order valence-electron chi connectivity index (χ1n) is 7.62. The lowest BCUT2D eigenvalue weighted by Crippen LogP contribution is -2.42. The van der Waals surface area contributed by atoms with Crippen LogP contribution in [0.5, 0.6) is 0 Å². The molecule has 6 nitrogen and oxygen atoms in total. The van der Waals surface area contributed by atoms with Crippen molar-refractivity contribution in [1.29, 1.82) is 0 Å². The molecule has 120 valence electrons. The molecule has 0 bridgehead atoms. The lowest BCUT2D eigenvalue weighted by molar-refractivity contribution is 0.0481. The molecule has 1 aromatic rings. The van der Waals surface area contributed by atoms with Crippen molar-refractivity contribution in [3.05, 3.63) is 12.4 Å². The lowest BCUT2D eigenvalue weighted by atomic mass is 9.95. The fourth-order valence-electron chi connectivity index (χ4n) is 1.91. The van der Waals surface area contributed by atoms with Crippen LogP contribution in [-0.4, -0.2) is 33.1 Å². The number of nitrogens with one attached hydrogen (secondary N) is 2. The van der Waals surface area contributed by atoms with E-state index in [1.807, 2.05) is 0 Å². The van der Waals surface area contributed by atoms with E-state index in [0.717, 1.165) is 19.4 Å². The number of amides is 2. The number of carbonyl (C=O) groups is 1. The fraction of sp³-hybridized carbons (Fsp3) is 0.733. The maximum atomic E-state index is 11.8. The number of aromatic nitrogens is 2. The molecule has 6 heteroatoms. The number of nitrogens with zero attached hydrogens (tertiary/aromatic N) is 2. The van der Waals surface area contributed by atoms with Crippen molar-refractivity contribution >= 4 is 11.7 Å². The summed E-state index contributed by atoms with van der Waals surface area (Å²) in [7, 11) is 0. The van der Waals surface area contributed by atoms with Crippen LogP contribution >= 0.6 is 0 Å². The minimum Gasteiger partial charge on any atom is -0.388 e. The molecule has 0 fully saturated rings. The van der Waals surface area contributed by atoms with Crippen molar-refractivity contribution in [3.8, 4) is 0 Å². The number of aliphatic hydroxyl groups is 1. The van der Waals surface area contributed by atoms with E-state index < -0.39 is 5.60 Å². The van der Waals surface area contributed by atoms with E-state index >= 15 is 0 Å². The Kier molecular flexibility index (Phi) is 6.68. The second-order valence-corrected chi connectivity index (χ2v) is 6.23. The van der Waals surface area contributed by atoms with Gasteiger partial charge in [-0.05, 0) is 32.1 Å². The predicted octanol–water partition coefficient (Wildman–Crippen LogP) is 2.60. The number of urea groups is 1. The molecular formula is C15H28N4O2. The summed E-state index contributed by atoms with van der Waals surface area (Å²) in [5, 5.41) is 19.7. The van der Waals surface area contributed by atoms with Gasteiger partial charge in [-0.3, -0.25) is 4.68 Å². The molecule has 0 aliphatic heterocycles. The Labute approximate surface area is 126 Å². The first kappa shape index (κ1) is 17.5. The van der Waals surface area contributed by atoms with Gasteiger partial charge in [-0.15, -0.1) is 0 Å². The third-order valence-electron chi connectivity index (χ3n) is 3.23. The fourth-order valence-corrected chi connectivity index (χ4v) is 1.91. The molecule has 0 aromatic carbocycles. The van der Waals surface area contributed by atoms with Crippen LogP contribution in [-0.2, 0) is 6.54 Å². The zero-order valence-electron chi connectivity index (χ0n) is 13.5. The van der Waals surface area contributed by atoms with Gasteiger partial charge < -0.3 is 15.7 Å². The van der Waals surface area contributed by atoms with Gasteiger partial charge in [0.15, 0.2) is 0 Å². The average molecular weight is 296 g/mol. The molecule has 1 heterocycles. The van der Waals surface area contributed by atoms with Gasteiger partial charge in [-0.25, -0.2) is 4.79 Å². The largest absolute Gasteiger partial charge is 0.388 e. The highest BCUT2D eigenvalue weighted by atomic mass is 16.3. The molecule has 0 saturated carbocycles. The maximum absolute atomic E-state index is 11.8. The topological polar surface area (TPSA) is 79.2 Å². The van der Waals surface area contributed by atoms with E-state index in [9.17, 15) is 9.90 Å². The summed E-state index contributed by atoms with van der Waals surface area (Å²) in [6.45, 7) is 9.10. The van der Waals surface area contributed by atoms with Gasteiger partial charge in [-0.2, -0.15) is 5.10 Å². The van der Waals surface area contributed by atoms with E-state index in [4.69, 9.17) is 0 Å². The summed E-state index contributed by atoms with van der Waals surface area (Å²) < 4.78 is 1.79. The third kappa shape index (κ3) is 7.13. The van der Waals surface area contributed by atoms with Crippen LogP contribution in [0.25, 0.3) is 0 Å².